The minimum absolute atomic E-state index is 0.0839. The first kappa shape index (κ1) is 13.9. The zero-order valence-corrected chi connectivity index (χ0v) is 12.5. The molecule has 1 fully saturated rings. The lowest BCUT2D eigenvalue weighted by Crippen LogP contribution is -2.37. The summed E-state index contributed by atoms with van der Waals surface area (Å²) in [5.41, 5.74) is 1.77. The van der Waals surface area contributed by atoms with Crippen LogP contribution in [0, 0.1) is 5.82 Å². The van der Waals surface area contributed by atoms with E-state index in [1.165, 1.54) is 32.1 Å². The first-order valence-corrected chi connectivity index (χ1v) is 7.99. The Kier molecular flexibility index (Phi) is 5.04. The van der Waals surface area contributed by atoms with E-state index in [-0.39, 0.29) is 5.82 Å². The zero-order valence-electron chi connectivity index (χ0n) is 11.0. The lowest BCUT2D eigenvalue weighted by Gasteiger charge is -2.35. The van der Waals surface area contributed by atoms with E-state index in [0.29, 0.717) is 11.4 Å². The highest BCUT2D eigenvalue weighted by atomic mass is 79.9. The van der Waals surface area contributed by atoms with Gasteiger partial charge in [-0.05, 0) is 37.5 Å². The van der Waals surface area contributed by atoms with E-state index in [1.807, 2.05) is 12.1 Å². The van der Waals surface area contributed by atoms with Crippen molar-refractivity contribution >= 4 is 21.6 Å². The molecular weight excluding hydrogens is 293 g/mol. The number of rotatable bonds is 4. The van der Waals surface area contributed by atoms with E-state index in [9.17, 15) is 4.39 Å². The fraction of sp³-hybridized carbons (Fsp3) is 0.600. The molecule has 1 nitrogen and oxygen atoms in total. The second-order valence-corrected chi connectivity index (χ2v) is 5.56. The lowest BCUT2D eigenvalue weighted by atomic mass is 9.93. The molecule has 0 unspecified atom stereocenters. The van der Waals surface area contributed by atoms with Gasteiger partial charge in [0.05, 0.1) is 5.69 Å². The first-order valence-electron chi connectivity index (χ1n) is 6.87. The summed E-state index contributed by atoms with van der Waals surface area (Å²) in [6.07, 6.45) is 6.30. The molecule has 0 heterocycles. The predicted molar refractivity (Wildman–Crippen MR) is 78.9 cm³/mol. The van der Waals surface area contributed by atoms with Gasteiger partial charge in [0.15, 0.2) is 0 Å². The van der Waals surface area contributed by atoms with Crippen molar-refractivity contribution in [2.45, 2.75) is 50.4 Å². The van der Waals surface area contributed by atoms with Gasteiger partial charge in [0.25, 0.3) is 0 Å². The molecule has 0 saturated heterocycles. The molecule has 0 amide bonds. The Hall–Kier alpha value is -0.570. The van der Waals surface area contributed by atoms with Gasteiger partial charge in [0.1, 0.15) is 5.82 Å². The SMILES string of the molecule is CCN(c1ccc(CBr)cc1F)C1CCCCC1. The first-order chi connectivity index (χ1) is 8.76. The highest BCUT2D eigenvalue weighted by Gasteiger charge is 2.22. The van der Waals surface area contributed by atoms with E-state index >= 15 is 0 Å². The summed E-state index contributed by atoms with van der Waals surface area (Å²) in [6, 6.07) is 6.12. The Morgan fingerprint density at radius 2 is 2.00 bits per heavy atom. The third-order valence-corrected chi connectivity index (χ3v) is 4.48. The second kappa shape index (κ2) is 6.55. The number of halogens is 2. The van der Waals surface area contributed by atoms with Crippen molar-refractivity contribution in [1.29, 1.82) is 0 Å². The van der Waals surface area contributed by atoms with Crippen LogP contribution in [0.25, 0.3) is 0 Å². The molecule has 0 radical (unpaired) electrons. The minimum atomic E-state index is -0.0839. The van der Waals surface area contributed by atoms with E-state index in [0.717, 1.165) is 17.8 Å². The van der Waals surface area contributed by atoms with Gasteiger partial charge in [-0.25, -0.2) is 4.39 Å². The highest BCUT2D eigenvalue weighted by Crippen LogP contribution is 2.29. The molecular formula is C15H21BrFN. The van der Waals surface area contributed by atoms with Gasteiger partial charge in [-0.2, -0.15) is 0 Å². The molecule has 1 aliphatic rings. The molecule has 0 atom stereocenters. The van der Waals surface area contributed by atoms with Crippen LogP contribution in [0.5, 0.6) is 0 Å². The van der Waals surface area contributed by atoms with Gasteiger partial charge < -0.3 is 4.90 Å². The van der Waals surface area contributed by atoms with Crippen LogP contribution in [-0.2, 0) is 5.33 Å². The number of nitrogens with zero attached hydrogens (tertiary/aromatic N) is 1. The molecule has 0 bridgehead atoms. The van der Waals surface area contributed by atoms with Crippen LogP contribution >= 0.6 is 15.9 Å². The van der Waals surface area contributed by atoms with Crippen molar-refractivity contribution in [3.05, 3.63) is 29.6 Å². The van der Waals surface area contributed by atoms with Crippen molar-refractivity contribution in [2.75, 3.05) is 11.4 Å². The number of hydrogen-bond acceptors (Lipinski definition) is 1. The maximum absolute atomic E-state index is 14.2. The summed E-state index contributed by atoms with van der Waals surface area (Å²) in [5, 5.41) is 0.708. The van der Waals surface area contributed by atoms with Crippen LogP contribution in [0.2, 0.25) is 0 Å². The van der Waals surface area contributed by atoms with Gasteiger partial charge in [-0.3, -0.25) is 0 Å². The summed E-state index contributed by atoms with van der Waals surface area (Å²) in [7, 11) is 0. The van der Waals surface area contributed by atoms with Crippen molar-refractivity contribution in [2.24, 2.45) is 0 Å². The molecule has 0 aromatic heterocycles. The van der Waals surface area contributed by atoms with E-state index in [4.69, 9.17) is 0 Å². The summed E-state index contributed by atoms with van der Waals surface area (Å²) in [4.78, 5) is 2.24. The Morgan fingerprint density at radius 1 is 1.28 bits per heavy atom. The summed E-state index contributed by atoms with van der Waals surface area (Å²) in [5.74, 6) is -0.0839. The van der Waals surface area contributed by atoms with Crippen LogP contribution in [-0.4, -0.2) is 12.6 Å². The number of anilines is 1. The minimum Gasteiger partial charge on any atom is -0.366 e. The molecule has 3 heteroatoms. The Labute approximate surface area is 118 Å². The molecule has 100 valence electrons. The molecule has 0 aliphatic heterocycles. The van der Waals surface area contributed by atoms with Crippen molar-refractivity contribution in [1.82, 2.24) is 0 Å². The molecule has 18 heavy (non-hydrogen) atoms. The Balaban J connectivity index is 2.20. The molecule has 1 aromatic rings. The maximum atomic E-state index is 14.2. The van der Waals surface area contributed by atoms with Crippen LogP contribution in [0.15, 0.2) is 18.2 Å². The smallest absolute Gasteiger partial charge is 0.146 e. The summed E-state index contributed by atoms with van der Waals surface area (Å²) < 4.78 is 14.2. The van der Waals surface area contributed by atoms with Crippen LogP contribution in [0.3, 0.4) is 0 Å². The third-order valence-electron chi connectivity index (χ3n) is 3.83. The second-order valence-electron chi connectivity index (χ2n) is 5.00. The van der Waals surface area contributed by atoms with Gasteiger partial charge in [0.2, 0.25) is 0 Å². The Bertz CT molecular complexity index is 388. The average Bonchev–Trinajstić information content (AvgIpc) is 2.42. The zero-order chi connectivity index (χ0) is 13.0. The largest absolute Gasteiger partial charge is 0.366 e. The van der Waals surface area contributed by atoms with Crippen molar-refractivity contribution in [3.8, 4) is 0 Å². The fourth-order valence-corrected chi connectivity index (χ4v) is 3.23. The molecule has 0 spiro atoms. The standard InChI is InChI=1S/C15H21BrFN/c1-2-18(13-6-4-3-5-7-13)15-9-8-12(11-16)10-14(15)17/h8-10,13H,2-7,11H2,1H3. The van der Waals surface area contributed by atoms with E-state index in [2.05, 4.69) is 27.8 Å². The number of alkyl halides is 1. The van der Waals surface area contributed by atoms with Crippen molar-refractivity contribution < 1.29 is 4.39 Å². The lowest BCUT2D eigenvalue weighted by molar-refractivity contribution is 0.414. The third kappa shape index (κ3) is 3.05. The van der Waals surface area contributed by atoms with Gasteiger partial charge in [-0.15, -0.1) is 0 Å². The van der Waals surface area contributed by atoms with Crippen molar-refractivity contribution in [3.63, 3.8) is 0 Å². The predicted octanol–water partition coefficient (Wildman–Crippen LogP) is 4.88. The average molecular weight is 314 g/mol. The van der Waals surface area contributed by atoms with E-state index in [1.54, 1.807) is 6.07 Å². The molecule has 0 N–H and O–H groups in total. The van der Waals surface area contributed by atoms with E-state index < -0.39 is 0 Å². The summed E-state index contributed by atoms with van der Waals surface area (Å²) in [6.45, 7) is 3.00. The normalized spacial score (nSPS) is 16.8. The maximum Gasteiger partial charge on any atom is 0.146 e. The molecule has 1 aromatic carbocycles. The number of benzene rings is 1. The fourth-order valence-electron chi connectivity index (χ4n) is 2.88. The van der Waals surface area contributed by atoms with Gasteiger partial charge >= 0.3 is 0 Å². The molecule has 1 aliphatic carbocycles. The Morgan fingerprint density at radius 3 is 2.56 bits per heavy atom. The van der Waals surface area contributed by atoms with Crippen LogP contribution in [0.4, 0.5) is 10.1 Å². The van der Waals surface area contributed by atoms with Gasteiger partial charge in [0, 0.05) is 17.9 Å². The van der Waals surface area contributed by atoms with Gasteiger partial charge in [-0.1, -0.05) is 41.3 Å². The number of hydrogen-bond donors (Lipinski definition) is 0. The topological polar surface area (TPSA) is 3.24 Å². The van der Waals surface area contributed by atoms with Crippen LogP contribution < -0.4 is 4.90 Å². The monoisotopic (exact) mass is 313 g/mol. The van der Waals surface area contributed by atoms with Crippen LogP contribution in [0.1, 0.15) is 44.6 Å². The summed E-state index contributed by atoms with van der Waals surface area (Å²) >= 11 is 3.37. The molecule has 1 saturated carbocycles. The highest BCUT2D eigenvalue weighted by molar-refractivity contribution is 9.08. The quantitative estimate of drug-likeness (QED) is 0.716. The molecule has 2 rings (SSSR count).